The number of carbonyl (C=O) groups is 9. The van der Waals surface area contributed by atoms with Gasteiger partial charge in [-0.15, -0.1) is 0 Å². The van der Waals surface area contributed by atoms with Crippen LogP contribution in [0.5, 0.6) is 0 Å². The first kappa shape index (κ1) is 65.9. The first-order valence-electron chi connectivity index (χ1n) is 28.5. The van der Waals surface area contributed by atoms with Gasteiger partial charge in [-0.3, -0.25) is 24.0 Å². The van der Waals surface area contributed by atoms with Gasteiger partial charge in [0.1, 0.15) is 48.8 Å². The third kappa shape index (κ3) is 17.3. The summed E-state index contributed by atoms with van der Waals surface area (Å²) in [5.41, 5.74) is 8.02. The Morgan fingerprint density at radius 2 is 1.57 bits per heavy atom. The molecule has 10 atom stereocenters. The fourth-order valence-corrected chi connectivity index (χ4v) is 11.2. The maximum Gasteiger partial charge on any atom is 0.335 e. The number of allylic oxidation sites excluding steroid dienone is 3. The van der Waals surface area contributed by atoms with E-state index in [1.54, 1.807) is 71.9 Å². The van der Waals surface area contributed by atoms with Gasteiger partial charge >= 0.3 is 29.9 Å². The molecule has 6 amide bonds. The number of fused-ring (bicyclic) bond motifs is 1. The molecule has 1 aromatic rings. The van der Waals surface area contributed by atoms with Crippen LogP contribution in [0, 0.1) is 34.0 Å². The monoisotopic (exact) mass is 1150 g/mol. The molecule has 10 N–H and O–H groups in total. The molecular formula is C60H87N7O15. The van der Waals surface area contributed by atoms with Gasteiger partial charge in [-0.2, -0.15) is 0 Å². The van der Waals surface area contributed by atoms with Gasteiger partial charge in [0.15, 0.2) is 0 Å². The lowest BCUT2D eigenvalue weighted by Crippen LogP contribution is -2.69. The number of rotatable bonds is 23. The lowest BCUT2D eigenvalue weighted by molar-refractivity contribution is -0.272. The highest BCUT2D eigenvalue weighted by Crippen LogP contribution is 2.67. The van der Waals surface area contributed by atoms with E-state index in [9.17, 15) is 48.3 Å². The molecule has 22 nitrogen and oxygen atoms in total. The second kappa shape index (κ2) is 29.4. The topological polar surface area (TPSA) is 332 Å². The molecule has 82 heavy (non-hydrogen) atoms. The highest BCUT2D eigenvalue weighted by molar-refractivity contribution is 5.98. The van der Waals surface area contributed by atoms with E-state index in [1.165, 1.54) is 12.2 Å². The number of carbonyl (C=O) groups excluding carboxylic acids is 9. The fourth-order valence-electron chi connectivity index (χ4n) is 11.2. The minimum atomic E-state index is -1.60. The number of urea groups is 1. The van der Waals surface area contributed by atoms with Crippen LogP contribution in [-0.4, -0.2) is 121 Å². The predicted octanol–water partition coefficient (Wildman–Crippen LogP) is 5.12. The van der Waals surface area contributed by atoms with Crippen molar-refractivity contribution >= 4 is 59.2 Å². The van der Waals surface area contributed by atoms with E-state index in [4.69, 9.17) is 35.2 Å². The zero-order chi connectivity index (χ0) is 60.6. The van der Waals surface area contributed by atoms with E-state index >= 15 is 0 Å². The molecule has 0 aromatic heterocycles. The quantitative estimate of drug-likeness (QED) is 0.0305. The van der Waals surface area contributed by atoms with Crippen molar-refractivity contribution in [3.05, 3.63) is 77.6 Å². The number of unbranched alkanes of at least 4 members (excludes halogenated alkanes) is 2. The average Bonchev–Trinajstić information content (AvgIpc) is 1.50. The number of anilines is 1. The Kier molecular flexibility index (Phi) is 23.6. The van der Waals surface area contributed by atoms with Crippen molar-refractivity contribution in [2.45, 2.75) is 175 Å². The lowest BCUT2D eigenvalue weighted by atomic mass is 9.50. The van der Waals surface area contributed by atoms with Gasteiger partial charge in [0.25, 0.3) is 0 Å². The molecule has 1 saturated heterocycles. The van der Waals surface area contributed by atoms with E-state index in [1.807, 2.05) is 26.8 Å². The summed E-state index contributed by atoms with van der Waals surface area (Å²) in [5.74, 6) is -6.07. The molecule has 452 valence electrons. The molecule has 0 saturated carbocycles. The molecule has 4 aliphatic rings. The summed E-state index contributed by atoms with van der Waals surface area (Å²) in [7, 11) is 0. The molecule has 2 bridgehead atoms. The van der Waals surface area contributed by atoms with Crippen LogP contribution in [0.1, 0.15) is 139 Å². The number of primary amides is 1. The zero-order valence-electron chi connectivity index (χ0n) is 49.0. The summed E-state index contributed by atoms with van der Waals surface area (Å²) in [6, 6.07) is 2.65. The van der Waals surface area contributed by atoms with E-state index in [-0.39, 0.29) is 76.1 Å². The third-order valence-electron chi connectivity index (χ3n) is 16.3. The van der Waals surface area contributed by atoms with Gasteiger partial charge in [0.05, 0.1) is 30.0 Å². The minimum absolute atomic E-state index is 0.0666. The smallest absolute Gasteiger partial charge is 0.335 e. The third-order valence-corrected chi connectivity index (χ3v) is 16.3. The number of nitrogens with one attached hydrogen (secondary N) is 5. The summed E-state index contributed by atoms with van der Waals surface area (Å²) in [6.07, 6.45) is 11.1. The van der Waals surface area contributed by atoms with Crippen molar-refractivity contribution in [3.63, 3.8) is 0 Å². The van der Waals surface area contributed by atoms with Crippen molar-refractivity contribution in [1.29, 1.82) is 0 Å². The van der Waals surface area contributed by atoms with Crippen molar-refractivity contribution in [2.24, 2.45) is 45.5 Å². The molecular weight excluding hydrogens is 1060 g/mol. The number of cyclic esters (lactones) is 2. The maximum absolute atomic E-state index is 14.5. The summed E-state index contributed by atoms with van der Waals surface area (Å²) in [6.45, 7) is 16.2. The van der Waals surface area contributed by atoms with Gasteiger partial charge in [-0.1, -0.05) is 83.9 Å². The van der Waals surface area contributed by atoms with E-state index < -0.39 is 112 Å². The first-order valence-corrected chi connectivity index (χ1v) is 28.5. The molecule has 2 heterocycles. The molecule has 2 aliphatic carbocycles. The number of hydrogen-bond acceptors (Lipinski definition) is 16. The highest BCUT2D eigenvalue weighted by atomic mass is 16.6. The Morgan fingerprint density at radius 1 is 0.878 bits per heavy atom. The van der Waals surface area contributed by atoms with Crippen LogP contribution >= 0.6 is 0 Å². The number of benzene rings is 1. The molecule has 1 spiro atoms. The van der Waals surface area contributed by atoms with Crippen LogP contribution < -0.4 is 38.1 Å². The summed E-state index contributed by atoms with van der Waals surface area (Å²) >= 11 is 0. The van der Waals surface area contributed by atoms with Crippen LogP contribution in [0.4, 0.5) is 10.5 Å². The Morgan fingerprint density at radius 3 is 2.24 bits per heavy atom. The van der Waals surface area contributed by atoms with Gasteiger partial charge in [0, 0.05) is 36.7 Å². The van der Waals surface area contributed by atoms with Crippen LogP contribution in [-0.2, 0) is 68.6 Å². The second-order valence-corrected chi connectivity index (χ2v) is 23.8. The number of aliphatic hydroxyl groups is 1. The van der Waals surface area contributed by atoms with Crippen molar-refractivity contribution in [1.82, 2.24) is 21.3 Å². The van der Waals surface area contributed by atoms with E-state index in [0.29, 0.717) is 43.5 Å². The Hall–Kier alpha value is -6.91. The summed E-state index contributed by atoms with van der Waals surface area (Å²) < 4.78 is 29.7. The lowest BCUT2D eigenvalue weighted by Gasteiger charge is -2.61. The second-order valence-electron chi connectivity index (χ2n) is 23.8. The summed E-state index contributed by atoms with van der Waals surface area (Å²) in [5, 5.41) is 25.9. The molecule has 2 aliphatic heterocycles. The molecule has 0 radical (unpaired) electrons. The Balaban J connectivity index is 1.20. The maximum atomic E-state index is 14.5. The van der Waals surface area contributed by atoms with E-state index in [0.717, 1.165) is 30.6 Å². The van der Waals surface area contributed by atoms with Crippen LogP contribution in [0.2, 0.25) is 0 Å². The molecule has 1 aromatic carbocycles. The number of esters is 4. The van der Waals surface area contributed by atoms with Gasteiger partial charge in [-0.05, 0) is 120 Å². The first-order chi connectivity index (χ1) is 38.6. The minimum Gasteiger partial charge on any atom is -0.463 e. The number of ether oxygens (including phenoxy) is 5. The van der Waals surface area contributed by atoms with Crippen LogP contribution in [0.15, 0.2) is 72.1 Å². The molecule has 1 fully saturated rings. The highest BCUT2D eigenvalue weighted by Gasteiger charge is 2.73. The number of amides is 6. The standard InChI is InChI=1S/C60H87N7O15/c1-36(2)50(66-46(68)17-11-10-14-27-61)54(74)65-42(16-15-28-63-56(62)76)53(73)64-41-22-20-40(21-23-41)34-79-49(71)33-57(6,7)32-39(5)52(72)67-51-38(4)25-29-78-47(69)18-12-13-19-48(70)82-43-31-44-59(9,77)58(43,8)60(35-80-55(51)75)26-24-37(3)30-45(60)81-44/h12-13,18-23,30-31,36,38-39,42,44-45,50-51,77H,10-11,14-17,24-29,32-35,61H2,1-9H3,(H,64,73)(H,65,74)(H,66,68)(H,67,72)(H3,62,63,76)/b18-12+,19-13-/t38-,39?,42+,44?,45-,50?,51?,58?,59+,60-/m1/s1. The Labute approximate surface area is 481 Å². The largest absolute Gasteiger partial charge is 0.463 e. The SMILES string of the molecule is CC1=C[C@H]2OC3C=C4OC(=O)/C=C\C=C\C(=O)OCC[C@@H](C)C(NC(=O)C(C)CC(C)(C)CC(=O)OCc5ccc(NC(=O)[C@H](CCCNC(N)=O)NC(=O)C(NC(=O)CCCCCN)C(C)C)cc5)C(=O)OC[C@@]2(CC1)C4(C)[C@@]3(C)O. The average molecular weight is 1150 g/mol. The number of hydrogen-bond donors (Lipinski definition) is 8. The van der Waals surface area contributed by atoms with Crippen molar-refractivity contribution in [2.75, 3.05) is 31.6 Å². The van der Waals surface area contributed by atoms with Crippen LogP contribution in [0.25, 0.3) is 0 Å². The summed E-state index contributed by atoms with van der Waals surface area (Å²) in [4.78, 5) is 119. The van der Waals surface area contributed by atoms with Gasteiger partial charge in [-0.25, -0.2) is 19.2 Å². The fraction of sp³-hybridized carbons (Fsp3) is 0.617. The molecule has 22 heteroatoms. The molecule has 5 unspecified atom stereocenters. The molecule has 5 rings (SSSR count). The van der Waals surface area contributed by atoms with Crippen molar-refractivity contribution < 1.29 is 71.9 Å². The van der Waals surface area contributed by atoms with Crippen LogP contribution in [0.3, 0.4) is 0 Å². The van der Waals surface area contributed by atoms with Gasteiger partial charge < -0.3 is 66.8 Å². The van der Waals surface area contributed by atoms with E-state index in [2.05, 4.69) is 26.6 Å². The Bertz CT molecular complexity index is 2610. The number of nitrogens with two attached hydrogens (primary N) is 2. The van der Waals surface area contributed by atoms with Gasteiger partial charge in [0.2, 0.25) is 23.6 Å². The predicted molar refractivity (Wildman–Crippen MR) is 303 cm³/mol. The zero-order valence-corrected chi connectivity index (χ0v) is 49.0. The normalized spacial score (nSPS) is 26.7. The van der Waals surface area contributed by atoms with Crippen molar-refractivity contribution in [3.8, 4) is 0 Å².